The SMILES string of the molecule is C[C@H]1CN(c2c(F)cc3c(=O)c(C(=O)O)cn(C4CC4)c3c2C(F)(F)F)CCN1. The van der Waals surface area contributed by atoms with Crippen LogP contribution in [0.2, 0.25) is 0 Å². The molecule has 2 aromatic rings. The fraction of sp³-hybridized carbons (Fsp3) is 0.474. The van der Waals surface area contributed by atoms with Crippen molar-refractivity contribution in [2.75, 3.05) is 24.5 Å². The monoisotopic (exact) mass is 413 g/mol. The lowest BCUT2D eigenvalue weighted by atomic mass is 10.0. The Morgan fingerprint density at radius 1 is 1.31 bits per heavy atom. The molecule has 1 aliphatic heterocycles. The number of hydrogen-bond acceptors (Lipinski definition) is 4. The molecule has 4 rings (SSSR count). The summed E-state index contributed by atoms with van der Waals surface area (Å²) in [7, 11) is 0. The quantitative estimate of drug-likeness (QED) is 0.757. The number of carboxylic acid groups (broad SMARTS) is 1. The number of aromatic nitrogens is 1. The van der Waals surface area contributed by atoms with Crippen molar-refractivity contribution in [2.24, 2.45) is 0 Å². The van der Waals surface area contributed by atoms with E-state index in [1.807, 2.05) is 0 Å². The summed E-state index contributed by atoms with van der Waals surface area (Å²) in [6.45, 7) is 2.53. The summed E-state index contributed by atoms with van der Waals surface area (Å²) in [6.07, 6.45) is -2.85. The number of nitrogens with one attached hydrogen (secondary N) is 1. The minimum absolute atomic E-state index is 0.139. The summed E-state index contributed by atoms with van der Waals surface area (Å²) in [6, 6.07) is 0.262. The van der Waals surface area contributed by atoms with Crippen LogP contribution in [-0.4, -0.2) is 41.3 Å². The molecule has 1 aliphatic carbocycles. The van der Waals surface area contributed by atoms with Gasteiger partial charge in [-0.2, -0.15) is 13.2 Å². The molecule has 29 heavy (non-hydrogen) atoms. The largest absolute Gasteiger partial charge is 0.477 e. The molecule has 0 radical (unpaired) electrons. The molecule has 1 saturated heterocycles. The van der Waals surface area contributed by atoms with Crippen LogP contribution in [-0.2, 0) is 6.18 Å². The minimum atomic E-state index is -4.93. The Morgan fingerprint density at radius 2 is 2.00 bits per heavy atom. The van der Waals surface area contributed by atoms with E-state index in [0.29, 0.717) is 19.4 Å². The molecule has 6 nitrogen and oxygen atoms in total. The number of carbonyl (C=O) groups is 1. The number of pyridine rings is 1. The molecule has 0 amide bonds. The van der Waals surface area contributed by atoms with E-state index in [1.165, 1.54) is 9.47 Å². The maximum Gasteiger partial charge on any atom is 0.420 e. The van der Waals surface area contributed by atoms with Crippen LogP contribution in [0, 0.1) is 5.82 Å². The predicted molar refractivity (Wildman–Crippen MR) is 98.1 cm³/mol. The highest BCUT2D eigenvalue weighted by Crippen LogP contribution is 2.46. The number of benzene rings is 1. The fourth-order valence-electron chi connectivity index (χ4n) is 3.98. The third-order valence-corrected chi connectivity index (χ3v) is 5.38. The first kappa shape index (κ1) is 19.7. The molecule has 2 fully saturated rings. The van der Waals surface area contributed by atoms with Gasteiger partial charge >= 0.3 is 12.1 Å². The topological polar surface area (TPSA) is 74.6 Å². The molecule has 0 bridgehead atoms. The van der Waals surface area contributed by atoms with E-state index in [4.69, 9.17) is 0 Å². The van der Waals surface area contributed by atoms with Crippen molar-refractivity contribution in [3.05, 3.63) is 39.4 Å². The number of fused-ring (bicyclic) bond motifs is 1. The zero-order chi connectivity index (χ0) is 21.1. The third kappa shape index (κ3) is 3.35. The van der Waals surface area contributed by atoms with Crippen molar-refractivity contribution in [1.82, 2.24) is 9.88 Å². The van der Waals surface area contributed by atoms with Gasteiger partial charge in [-0.25, -0.2) is 9.18 Å². The fourth-order valence-corrected chi connectivity index (χ4v) is 3.98. The van der Waals surface area contributed by atoms with Gasteiger partial charge in [-0.1, -0.05) is 0 Å². The van der Waals surface area contributed by atoms with E-state index in [1.54, 1.807) is 6.92 Å². The van der Waals surface area contributed by atoms with Crippen LogP contribution < -0.4 is 15.6 Å². The Labute approximate surface area is 162 Å². The maximum absolute atomic E-state index is 15.0. The van der Waals surface area contributed by atoms with Gasteiger partial charge in [0.15, 0.2) is 0 Å². The third-order valence-electron chi connectivity index (χ3n) is 5.38. The zero-order valence-electron chi connectivity index (χ0n) is 15.5. The number of carboxylic acids is 1. The van der Waals surface area contributed by atoms with Crippen molar-refractivity contribution in [2.45, 2.75) is 38.0 Å². The molecule has 10 heteroatoms. The van der Waals surface area contributed by atoms with E-state index in [2.05, 4.69) is 5.32 Å². The Bertz CT molecular complexity index is 1060. The second kappa shape index (κ2) is 6.72. The molecule has 0 unspecified atom stereocenters. The molecule has 1 atom stereocenters. The summed E-state index contributed by atoms with van der Waals surface area (Å²) in [5, 5.41) is 11.8. The van der Waals surface area contributed by atoms with Gasteiger partial charge in [-0.3, -0.25) is 4.79 Å². The second-order valence-electron chi connectivity index (χ2n) is 7.59. The first-order chi connectivity index (χ1) is 13.6. The number of anilines is 1. The van der Waals surface area contributed by atoms with Crippen LogP contribution >= 0.6 is 0 Å². The van der Waals surface area contributed by atoms with Crippen LogP contribution in [0.1, 0.15) is 41.7 Å². The van der Waals surface area contributed by atoms with Gasteiger partial charge in [0, 0.05) is 37.9 Å². The Morgan fingerprint density at radius 3 is 2.55 bits per heavy atom. The van der Waals surface area contributed by atoms with Gasteiger partial charge in [-0.05, 0) is 25.8 Å². The lowest BCUT2D eigenvalue weighted by molar-refractivity contribution is -0.136. The van der Waals surface area contributed by atoms with Crippen molar-refractivity contribution >= 4 is 22.6 Å². The van der Waals surface area contributed by atoms with Crippen LogP contribution in [0.4, 0.5) is 23.2 Å². The van der Waals surface area contributed by atoms with Gasteiger partial charge in [0.25, 0.3) is 0 Å². The van der Waals surface area contributed by atoms with E-state index >= 15 is 4.39 Å². The van der Waals surface area contributed by atoms with Gasteiger partial charge in [0.1, 0.15) is 16.9 Å². The van der Waals surface area contributed by atoms with Gasteiger partial charge in [0.2, 0.25) is 5.43 Å². The molecule has 1 aromatic heterocycles. The first-order valence-electron chi connectivity index (χ1n) is 9.29. The minimum Gasteiger partial charge on any atom is -0.477 e. The second-order valence-corrected chi connectivity index (χ2v) is 7.59. The number of hydrogen-bond donors (Lipinski definition) is 2. The number of aromatic carboxylic acids is 1. The van der Waals surface area contributed by atoms with Gasteiger partial charge < -0.3 is 19.9 Å². The van der Waals surface area contributed by atoms with Crippen molar-refractivity contribution in [1.29, 1.82) is 0 Å². The molecule has 2 aliphatic rings. The lowest BCUT2D eigenvalue weighted by Crippen LogP contribution is -2.50. The van der Waals surface area contributed by atoms with E-state index < -0.39 is 51.1 Å². The highest BCUT2D eigenvalue weighted by Gasteiger charge is 2.42. The van der Waals surface area contributed by atoms with Crippen LogP contribution in [0.15, 0.2) is 17.1 Å². The van der Waals surface area contributed by atoms with Gasteiger partial charge in [-0.15, -0.1) is 0 Å². The smallest absolute Gasteiger partial charge is 0.420 e. The van der Waals surface area contributed by atoms with Crippen LogP contribution in [0.3, 0.4) is 0 Å². The molecular weight excluding hydrogens is 394 g/mol. The zero-order valence-corrected chi connectivity index (χ0v) is 15.5. The Hall–Kier alpha value is -2.62. The summed E-state index contributed by atoms with van der Waals surface area (Å²) in [4.78, 5) is 25.4. The average molecular weight is 413 g/mol. The number of nitrogens with zero attached hydrogens (tertiary/aromatic N) is 2. The molecule has 2 heterocycles. The van der Waals surface area contributed by atoms with Crippen molar-refractivity contribution < 1.29 is 27.5 Å². The molecule has 2 N–H and O–H groups in total. The molecule has 156 valence electrons. The highest BCUT2D eigenvalue weighted by atomic mass is 19.4. The Balaban J connectivity index is 2.11. The summed E-state index contributed by atoms with van der Waals surface area (Å²) in [5.74, 6) is -2.74. The molecule has 1 aromatic carbocycles. The first-order valence-corrected chi connectivity index (χ1v) is 9.29. The highest BCUT2D eigenvalue weighted by molar-refractivity contribution is 5.95. The maximum atomic E-state index is 15.0. The van der Waals surface area contributed by atoms with Crippen LogP contribution in [0.5, 0.6) is 0 Å². The van der Waals surface area contributed by atoms with E-state index in [-0.39, 0.29) is 25.2 Å². The summed E-state index contributed by atoms with van der Waals surface area (Å²) < 4.78 is 58.9. The van der Waals surface area contributed by atoms with Crippen molar-refractivity contribution in [3.63, 3.8) is 0 Å². The summed E-state index contributed by atoms with van der Waals surface area (Å²) in [5.41, 5.74) is -4.04. The van der Waals surface area contributed by atoms with E-state index in [0.717, 1.165) is 12.3 Å². The molecule has 0 spiro atoms. The van der Waals surface area contributed by atoms with E-state index in [9.17, 15) is 27.9 Å². The predicted octanol–water partition coefficient (Wildman–Crippen LogP) is 2.99. The number of piperazine rings is 1. The summed E-state index contributed by atoms with van der Waals surface area (Å²) >= 11 is 0. The normalized spacial score (nSPS) is 20.3. The average Bonchev–Trinajstić information content (AvgIpc) is 3.45. The molecule has 1 saturated carbocycles. The number of alkyl halides is 3. The number of halogens is 4. The van der Waals surface area contributed by atoms with Crippen molar-refractivity contribution in [3.8, 4) is 0 Å². The van der Waals surface area contributed by atoms with Crippen LogP contribution in [0.25, 0.3) is 10.9 Å². The lowest BCUT2D eigenvalue weighted by Gasteiger charge is -2.36. The number of rotatable bonds is 3. The Kier molecular flexibility index (Phi) is 4.56. The standard InChI is InChI=1S/C19H19F4N3O3/c1-9-7-25(5-4-24-9)16-13(20)6-11-15(14(16)19(21,22)23)26(10-2-3-10)8-12(17(11)27)18(28)29/h6,8-10,24H,2-5,7H2,1H3,(H,28,29)/t9-/m0/s1. The molecular formula is C19H19F4N3O3. The van der Waals surface area contributed by atoms with Gasteiger partial charge in [0.05, 0.1) is 16.6 Å².